The molecule has 2 aliphatic rings. The van der Waals surface area contributed by atoms with Gasteiger partial charge in [-0.3, -0.25) is 9.59 Å². The normalized spacial score (nSPS) is 22.8. The number of benzene rings is 1. The summed E-state index contributed by atoms with van der Waals surface area (Å²) < 4.78 is 5.47. The number of anilines is 1. The molecule has 6 nitrogen and oxygen atoms in total. The van der Waals surface area contributed by atoms with E-state index in [1.165, 1.54) is 0 Å². The molecular formula is C25H39N3O3. The SMILES string of the molecule is CCCCN(C(=O)c1cccc(NC(=O)C2CCCO2)c1)C1CC(C)(C)NC(C)(C)C1. The third-order valence-electron chi connectivity index (χ3n) is 6.22. The number of unbranched alkanes of at least 4 members (excludes halogenated alkanes) is 1. The molecule has 2 amide bonds. The molecule has 172 valence electrons. The van der Waals surface area contributed by atoms with Gasteiger partial charge in [-0.15, -0.1) is 0 Å². The Labute approximate surface area is 187 Å². The highest BCUT2D eigenvalue weighted by Gasteiger charge is 2.41. The number of piperidine rings is 1. The molecule has 0 saturated carbocycles. The lowest BCUT2D eigenvalue weighted by Crippen LogP contribution is -2.62. The summed E-state index contributed by atoms with van der Waals surface area (Å²) in [7, 11) is 0. The number of ether oxygens (including phenoxy) is 1. The number of carbonyl (C=O) groups is 2. The van der Waals surface area contributed by atoms with E-state index >= 15 is 0 Å². The van der Waals surface area contributed by atoms with Crippen LogP contribution in [-0.2, 0) is 9.53 Å². The fraction of sp³-hybridized carbons (Fsp3) is 0.680. The van der Waals surface area contributed by atoms with Crippen LogP contribution in [0.3, 0.4) is 0 Å². The standard InChI is InChI=1S/C25H39N3O3/c1-6-7-13-28(20-16-24(2,3)27-25(4,5)17-20)23(30)18-10-8-11-19(15-18)26-22(29)21-12-9-14-31-21/h8,10-11,15,20-21,27H,6-7,9,12-14,16-17H2,1-5H3,(H,26,29). The molecule has 2 fully saturated rings. The summed E-state index contributed by atoms with van der Waals surface area (Å²) in [5.41, 5.74) is 1.20. The van der Waals surface area contributed by atoms with E-state index in [1.54, 1.807) is 6.07 Å². The predicted molar refractivity (Wildman–Crippen MR) is 124 cm³/mol. The molecule has 2 heterocycles. The molecule has 2 N–H and O–H groups in total. The molecule has 6 heteroatoms. The fourth-order valence-corrected chi connectivity index (χ4v) is 5.17. The van der Waals surface area contributed by atoms with Gasteiger partial charge in [0.1, 0.15) is 6.10 Å². The van der Waals surface area contributed by atoms with Crippen LogP contribution in [-0.4, -0.2) is 53.1 Å². The van der Waals surface area contributed by atoms with Gasteiger partial charge in [0, 0.05) is 41.5 Å². The van der Waals surface area contributed by atoms with Crippen molar-refractivity contribution in [3.8, 4) is 0 Å². The van der Waals surface area contributed by atoms with Gasteiger partial charge in [0.2, 0.25) is 0 Å². The van der Waals surface area contributed by atoms with Crippen molar-refractivity contribution in [1.82, 2.24) is 10.2 Å². The maximum atomic E-state index is 13.6. The van der Waals surface area contributed by atoms with E-state index < -0.39 is 0 Å². The largest absolute Gasteiger partial charge is 0.368 e. The summed E-state index contributed by atoms with van der Waals surface area (Å²) in [5.74, 6) is -0.0908. The van der Waals surface area contributed by atoms with Crippen LogP contribution in [0.5, 0.6) is 0 Å². The number of hydrogen-bond acceptors (Lipinski definition) is 4. The van der Waals surface area contributed by atoms with Crippen LogP contribution in [0.4, 0.5) is 5.69 Å². The minimum atomic E-state index is -0.389. The van der Waals surface area contributed by atoms with Gasteiger partial charge in [-0.1, -0.05) is 19.4 Å². The molecule has 0 aromatic heterocycles. The Morgan fingerprint density at radius 3 is 2.52 bits per heavy atom. The first-order valence-electron chi connectivity index (χ1n) is 11.7. The van der Waals surface area contributed by atoms with E-state index in [4.69, 9.17) is 4.74 Å². The van der Waals surface area contributed by atoms with Gasteiger partial charge in [-0.25, -0.2) is 0 Å². The average Bonchev–Trinajstić information content (AvgIpc) is 3.21. The van der Waals surface area contributed by atoms with E-state index in [0.29, 0.717) is 17.9 Å². The Morgan fingerprint density at radius 2 is 1.90 bits per heavy atom. The van der Waals surface area contributed by atoms with Crippen LogP contribution >= 0.6 is 0 Å². The van der Waals surface area contributed by atoms with Gasteiger partial charge in [-0.05, 0) is 78.0 Å². The van der Waals surface area contributed by atoms with Crippen molar-refractivity contribution in [3.63, 3.8) is 0 Å². The molecule has 1 aromatic carbocycles. The number of rotatable bonds is 7. The van der Waals surface area contributed by atoms with Crippen LogP contribution in [0.2, 0.25) is 0 Å². The van der Waals surface area contributed by atoms with Crippen LogP contribution in [0.1, 0.15) is 83.5 Å². The molecule has 3 rings (SSSR count). The zero-order valence-electron chi connectivity index (χ0n) is 19.8. The van der Waals surface area contributed by atoms with Crippen LogP contribution in [0.15, 0.2) is 24.3 Å². The number of carbonyl (C=O) groups excluding carboxylic acids is 2. The van der Waals surface area contributed by atoms with Gasteiger partial charge in [0.05, 0.1) is 0 Å². The third kappa shape index (κ3) is 6.30. The summed E-state index contributed by atoms with van der Waals surface area (Å²) in [5, 5.41) is 6.63. The molecule has 1 atom stereocenters. The Morgan fingerprint density at radius 1 is 1.19 bits per heavy atom. The number of hydrogen-bond donors (Lipinski definition) is 2. The highest BCUT2D eigenvalue weighted by atomic mass is 16.5. The molecule has 31 heavy (non-hydrogen) atoms. The summed E-state index contributed by atoms with van der Waals surface area (Å²) >= 11 is 0. The van der Waals surface area contributed by atoms with Crippen molar-refractivity contribution in [2.24, 2.45) is 0 Å². The summed E-state index contributed by atoms with van der Waals surface area (Å²) in [6, 6.07) is 7.49. The van der Waals surface area contributed by atoms with Gasteiger partial charge in [-0.2, -0.15) is 0 Å². The molecule has 0 bridgehead atoms. The Kier molecular flexibility index (Phi) is 7.43. The first-order valence-corrected chi connectivity index (χ1v) is 11.7. The molecule has 1 aromatic rings. The van der Waals surface area contributed by atoms with Crippen LogP contribution < -0.4 is 10.6 Å². The lowest BCUT2D eigenvalue weighted by Gasteiger charge is -2.49. The quantitative estimate of drug-likeness (QED) is 0.676. The fourth-order valence-electron chi connectivity index (χ4n) is 5.17. The van der Waals surface area contributed by atoms with Crippen LogP contribution in [0, 0.1) is 0 Å². The lowest BCUT2D eigenvalue weighted by atomic mass is 9.78. The second kappa shape index (κ2) is 9.70. The van der Waals surface area contributed by atoms with E-state index in [-0.39, 0.29) is 35.0 Å². The van der Waals surface area contributed by atoms with Crippen molar-refractivity contribution in [1.29, 1.82) is 0 Å². The minimum absolute atomic E-state index is 0.0335. The predicted octanol–water partition coefficient (Wildman–Crippen LogP) is 4.36. The summed E-state index contributed by atoms with van der Waals surface area (Å²) in [6.07, 6.45) is 5.12. The molecule has 0 spiro atoms. The summed E-state index contributed by atoms with van der Waals surface area (Å²) in [4.78, 5) is 28.1. The van der Waals surface area contributed by atoms with Crippen molar-refractivity contribution < 1.29 is 14.3 Å². The first-order chi connectivity index (χ1) is 14.6. The number of nitrogens with one attached hydrogen (secondary N) is 2. The highest BCUT2D eigenvalue weighted by Crippen LogP contribution is 2.32. The Bertz CT molecular complexity index is 768. The van der Waals surface area contributed by atoms with Crippen molar-refractivity contribution in [2.45, 2.75) is 96.4 Å². The second-order valence-corrected chi connectivity index (χ2v) is 10.4. The van der Waals surface area contributed by atoms with Gasteiger partial charge >= 0.3 is 0 Å². The maximum Gasteiger partial charge on any atom is 0.254 e. The first kappa shape index (κ1) is 23.7. The molecule has 0 radical (unpaired) electrons. The minimum Gasteiger partial charge on any atom is -0.368 e. The molecule has 2 saturated heterocycles. The summed E-state index contributed by atoms with van der Waals surface area (Å²) in [6.45, 7) is 12.4. The van der Waals surface area contributed by atoms with E-state index in [0.717, 1.165) is 45.1 Å². The zero-order valence-corrected chi connectivity index (χ0v) is 19.8. The Balaban J connectivity index is 1.79. The maximum absolute atomic E-state index is 13.6. The molecular weight excluding hydrogens is 390 g/mol. The topological polar surface area (TPSA) is 70.7 Å². The molecule has 0 aliphatic carbocycles. The van der Waals surface area contributed by atoms with Crippen molar-refractivity contribution in [3.05, 3.63) is 29.8 Å². The average molecular weight is 430 g/mol. The molecule has 1 unspecified atom stereocenters. The van der Waals surface area contributed by atoms with E-state index in [2.05, 4.69) is 50.2 Å². The monoisotopic (exact) mass is 429 g/mol. The van der Waals surface area contributed by atoms with E-state index in [1.807, 2.05) is 18.2 Å². The number of nitrogens with zero attached hydrogens (tertiary/aromatic N) is 1. The highest BCUT2D eigenvalue weighted by molar-refractivity contribution is 5.98. The van der Waals surface area contributed by atoms with Crippen LogP contribution in [0.25, 0.3) is 0 Å². The smallest absolute Gasteiger partial charge is 0.254 e. The number of amides is 2. The van der Waals surface area contributed by atoms with Gasteiger partial charge < -0.3 is 20.3 Å². The zero-order chi connectivity index (χ0) is 22.6. The van der Waals surface area contributed by atoms with Crippen molar-refractivity contribution >= 4 is 17.5 Å². The van der Waals surface area contributed by atoms with Gasteiger partial charge in [0.15, 0.2) is 0 Å². The second-order valence-electron chi connectivity index (χ2n) is 10.4. The third-order valence-corrected chi connectivity index (χ3v) is 6.22. The lowest BCUT2D eigenvalue weighted by molar-refractivity contribution is -0.124. The molecule has 2 aliphatic heterocycles. The van der Waals surface area contributed by atoms with E-state index in [9.17, 15) is 9.59 Å². The van der Waals surface area contributed by atoms with Gasteiger partial charge in [0.25, 0.3) is 11.8 Å². The van der Waals surface area contributed by atoms with Crippen molar-refractivity contribution in [2.75, 3.05) is 18.5 Å². The Hall–Kier alpha value is -1.92.